The van der Waals surface area contributed by atoms with Crippen LogP contribution in [-0.4, -0.2) is 13.1 Å². The smallest absolute Gasteiger partial charge is 0.00438 e. The lowest BCUT2D eigenvalue weighted by atomic mass is 9.79. The first kappa shape index (κ1) is 9.05. The normalized spacial score (nSPS) is 32.5. The van der Waals surface area contributed by atoms with Gasteiger partial charge in [-0.05, 0) is 43.7 Å². The molecule has 1 aliphatic heterocycles. The molecule has 1 rings (SSSR count). The van der Waals surface area contributed by atoms with Crippen LogP contribution < -0.4 is 5.32 Å². The van der Waals surface area contributed by atoms with Crippen LogP contribution >= 0.6 is 0 Å². The van der Waals surface area contributed by atoms with Crippen LogP contribution in [0.5, 0.6) is 0 Å². The Morgan fingerprint density at radius 1 is 1.27 bits per heavy atom. The molecule has 0 unspecified atom stereocenters. The molecule has 1 N–H and O–H groups in total. The van der Waals surface area contributed by atoms with Crippen molar-refractivity contribution in [2.75, 3.05) is 13.1 Å². The van der Waals surface area contributed by atoms with Gasteiger partial charge in [0.1, 0.15) is 0 Å². The van der Waals surface area contributed by atoms with E-state index in [1.54, 1.807) is 0 Å². The number of hydrogen-bond acceptors (Lipinski definition) is 1. The first-order chi connectivity index (χ1) is 5.10. The fourth-order valence-corrected chi connectivity index (χ4v) is 2.05. The summed E-state index contributed by atoms with van der Waals surface area (Å²) in [5.41, 5.74) is 0.562. The van der Waals surface area contributed by atoms with Crippen molar-refractivity contribution < 1.29 is 0 Å². The minimum Gasteiger partial charge on any atom is -0.317 e. The molecule has 0 saturated carbocycles. The lowest BCUT2D eigenvalue weighted by Gasteiger charge is -2.30. The van der Waals surface area contributed by atoms with E-state index in [2.05, 4.69) is 26.1 Å². The molecule has 0 amide bonds. The van der Waals surface area contributed by atoms with Gasteiger partial charge in [0.25, 0.3) is 0 Å². The van der Waals surface area contributed by atoms with E-state index in [0.29, 0.717) is 5.41 Å². The standard InChI is InChI=1S/C10H21N/c1-9-4-6-11-7-5-10(2,3)8-9/h9,11H,4-8H2,1-3H3/t9-/m0/s1. The lowest BCUT2D eigenvalue weighted by Crippen LogP contribution is -2.29. The molecule has 1 heterocycles. The maximum absolute atomic E-state index is 3.47. The molecule has 66 valence electrons. The van der Waals surface area contributed by atoms with E-state index in [-0.39, 0.29) is 0 Å². The Labute approximate surface area is 70.6 Å². The summed E-state index contributed by atoms with van der Waals surface area (Å²) in [6.07, 6.45) is 4.08. The molecule has 0 aromatic carbocycles. The summed E-state index contributed by atoms with van der Waals surface area (Å²) in [6, 6.07) is 0. The predicted octanol–water partition coefficient (Wildman–Crippen LogP) is 2.42. The second-order valence-corrected chi connectivity index (χ2v) is 4.76. The Balaban J connectivity index is 2.42. The molecule has 1 fully saturated rings. The maximum Gasteiger partial charge on any atom is -0.00438 e. The van der Waals surface area contributed by atoms with Crippen molar-refractivity contribution in [3.05, 3.63) is 0 Å². The highest BCUT2D eigenvalue weighted by Gasteiger charge is 2.21. The van der Waals surface area contributed by atoms with Crippen LogP contribution in [0.25, 0.3) is 0 Å². The number of nitrogens with one attached hydrogen (secondary N) is 1. The average molecular weight is 155 g/mol. The van der Waals surface area contributed by atoms with Gasteiger partial charge in [0.2, 0.25) is 0 Å². The van der Waals surface area contributed by atoms with Gasteiger partial charge in [0, 0.05) is 0 Å². The highest BCUT2D eigenvalue weighted by atomic mass is 14.8. The van der Waals surface area contributed by atoms with Crippen LogP contribution in [0.3, 0.4) is 0 Å². The third-order valence-electron chi connectivity index (χ3n) is 2.69. The van der Waals surface area contributed by atoms with Gasteiger partial charge in [0.05, 0.1) is 0 Å². The predicted molar refractivity (Wildman–Crippen MR) is 49.7 cm³/mol. The Morgan fingerprint density at radius 2 is 2.00 bits per heavy atom. The molecule has 0 bridgehead atoms. The largest absolute Gasteiger partial charge is 0.317 e. The molecular weight excluding hydrogens is 134 g/mol. The summed E-state index contributed by atoms with van der Waals surface area (Å²) in [6.45, 7) is 9.57. The number of rotatable bonds is 0. The van der Waals surface area contributed by atoms with Crippen molar-refractivity contribution in [1.82, 2.24) is 5.32 Å². The quantitative estimate of drug-likeness (QED) is 0.566. The summed E-state index contributed by atoms with van der Waals surface area (Å²) in [7, 11) is 0. The molecule has 0 radical (unpaired) electrons. The molecule has 0 aromatic heterocycles. The topological polar surface area (TPSA) is 12.0 Å². The van der Waals surface area contributed by atoms with Gasteiger partial charge in [-0.15, -0.1) is 0 Å². The Morgan fingerprint density at radius 3 is 2.73 bits per heavy atom. The molecule has 1 nitrogen and oxygen atoms in total. The first-order valence-electron chi connectivity index (χ1n) is 4.81. The summed E-state index contributed by atoms with van der Waals surface area (Å²) in [5.74, 6) is 0.901. The molecule has 0 aromatic rings. The Hall–Kier alpha value is -0.0400. The van der Waals surface area contributed by atoms with Crippen molar-refractivity contribution in [1.29, 1.82) is 0 Å². The van der Waals surface area contributed by atoms with Crippen LogP contribution in [0, 0.1) is 11.3 Å². The summed E-state index contributed by atoms with van der Waals surface area (Å²) >= 11 is 0. The monoisotopic (exact) mass is 155 g/mol. The number of hydrogen-bond donors (Lipinski definition) is 1. The summed E-state index contributed by atoms with van der Waals surface area (Å²) in [5, 5.41) is 3.47. The minimum atomic E-state index is 0.562. The van der Waals surface area contributed by atoms with Crippen LogP contribution in [0.15, 0.2) is 0 Å². The van der Waals surface area contributed by atoms with Crippen LogP contribution in [0.4, 0.5) is 0 Å². The molecule has 0 spiro atoms. The van der Waals surface area contributed by atoms with E-state index in [0.717, 1.165) is 5.92 Å². The zero-order valence-electron chi connectivity index (χ0n) is 8.11. The van der Waals surface area contributed by atoms with E-state index in [1.807, 2.05) is 0 Å². The second kappa shape index (κ2) is 3.57. The minimum absolute atomic E-state index is 0.562. The molecule has 0 aliphatic carbocycles. The zero-order chi connectivity index (χ0) is 8.32. The summed E-state index contributed by atoms with van der Waals surface area (Å²) < 4.78 is 0. The van der Waals surface area contributed by atoms with Crippen LogP contribution in [0.2, 0.25) is 0 Å². The maximum atomic E-state index is 3.47. The van der Waals surface area contributed by atoms with Crippen molar-refractivity contribution in [3.8, 4) is 0 Å². The molecule has 1 atom stereocenters. The van der Waals surface area contributed by atoms with Gasteiger partial charge in [-0.25, -0.2) is 0 Å². The Bertz CT molecular complexity index is 118. The first-order valence-corrected chi connectivity index (χ1v) is 4.81. The molecule has 1 saturated heterocycles. The van der Waals surface area contributed by atoms with Crippen LogP contribution in [-0.2, 0) is 0 Å². The second-order valence-electron chi connectivity index (χ2n) is 4.76. The fraction of sp³-hybridized carbons (Fsp3) is 1.00. The highest BCUT2D eigenvalue weighted by molar-refractivity contribution is 4.75. The van der Waals surface area contributed by atoms with Gasteiger partial charge in [0.15, 0.2) is 0 Å². The molecule has 1 aliphatic rings. The SMILES string of the molecule is C[C@H]1CCNCCC(C)(C)C1. The zero-order valence-corrected chi connectivity index (χ0v) is 8.11. The highest BCUT2D eigenvalue weighted by Crippen LogP contribution is 2.30. The van der Waals surface area contributed by atoms with Gasteiger partial charge in [-0.3, -0.25) is 0 Å². The molecular formula is C10H21N. The summed E-state index contributed by atoms with van der Waals surface area (Å²) in [4.78, 5) is 0. The third-order valence-corrected chi connectivity index (χ3v) is 2.69. The average Bonchev–Trinajstić information content (AvgIpc) is 1.82. The van der Waals surface area contributed by atoms with E-state index in [9.17, 15) is 0 Å². The van der Waals surface area contributed by atoms with E-state index in [1.165, 1.54) is 32.4 Å². The van der Waals surface area contributed by atoms with Crippen molar-refractivity contribution in [2.45, 2.75) is 40.0 Å². The van der Waals surface area contributed by atoms with Crippen molar-refractivity contribution >= 4 is 0 Å². The molecule has 1 heteroatoms. The van der Waals surface area contributed by atoms with Crippen molar-refractivity contribution in [3.63, 3.8) is 0 Å². The van der Waals surface area contributed by atoms with E-state index in [4.69, 9.17) is 0 Å². The van der Waals surface area contributed by atoms with E-state index < -0.39 is 0 Å². The molecule has 11 heavy (non-hydrogen) atoms. The van der Waals surface area contributed by atoms with Crippen molar-refractivity contribution in [2.24, 2.45) is 11.3 Å². The van der Waals surface area contributed by atoms with Gasteiger partial charge in [-0.2, -0.15) is 0 Å². The van der Waals surface area contributed by atoms with E-state index >= 15 is 0 Å². The van der Waals surface area contributed by atoms with Gasteiger partial charge in [-0.1, -0.05) is 20.8 Å². The lowest BCUT2D eigenvalue weighted by molar-refractivity contribution is 0.228. The third kappa shape index (κ3) is 3.24. The van der Waals surface area contributed by atoms with Gasteiger partial charge >= 0.3 is 0 Å². The Kier molecular flexibility index (Phi) is 2.94. The van der Waals surface area contributed by atoms with Crippen LogP contribution in [0.1, 0.15) is 40.0 Å². The fourth-order valence-electron chi connectivity index (χ4n) is 2.05. The van der Waals surface area contributed by atoms with Gasteiger partial charge < -0.3 is 5.32 Å².